The molecule has 1 heterocycles. The monoisotopic (exact) mass is 204 g/mol. The summed E-state index contributed by atoms with van der Waals surface area (Å²) in [7, 11) is 0. The van der Waals surface area contributed by atoms with Crippen molar-refractivity contribution in [3.05, 3.63) is 42.1 Å². The van der Waals surface area contributed by atoms with Crippen molar-refractivity contribution in [2.45, 2.75) is 12.6 Å². The highest BCUT2D eigenvalue weighted by Gasteiger charge is 2.08. The molecule has 0 radical (unpaired) electrons. The van der Waals surface area contributed by atoms with E-state index in [4.69, 9.17) is 5.73 Å². The fourth-order valence-electron chi connectivity index (χ4n) is 1.60. The zero-order valence-electron chi connectivity index (χ0n) is 8.36. The number of alkyl halides is 1. The number of pyridine rings is 1. The average Bonchev–Trinajstić information content (AvgIpc) is 2.29. The Morgan fingerprint density at radius 1 is 1.33 bits per heavy atom. The summed E-state index contributed by atoms with van der Waals surface area (Å²) in [5.41, 5.74) is 6.90. The molecule has 0 bridgehead atoms. The molecule has 2 rings (SSSR count). The molecule has 0 aliphatic rings. The lowest BCUT2D eigenvalue weighted by molar-refractivity contribution is 0.328. The van der Waals surface area contributed by atoms with E-state index in [2.05, 4.69) is 4.98 Å². The van der Waals surface area contributed by atoms with Crippen molar-refractivity contribution in [3.63, 3.8) is 0 Å². The molecule has 0 saturated carbocycles. The van der Waals surface area contributed by atoms with Crippen molar-refractivity contribution in [1.82, 2.24) is 4.98 Å². The van der Waals surface area contributed by atoms with Gasteiger partial charge in [-0.3, -0.25) is 4.98 Å². The topological polar surface area (TPSA) is 38.9 Å². The molecule has 2 N–H and O–H groups in total. The normalized spacial score (nSPS) is 12.9. The second-order valence-corrected chi connectivity index (χ2v) is 3.50. The molecule has 0 saturated heterocycles. The van der Waals surface area contributed by atoms with Gasteiger partial charge >= 0.3 is 0 Å². The Kier molecular flexibility index (Phi) is 2.92. The van der Waals surface area contributed by atoms with Crippen LogP contribution in [-0.4, -0.2) is 11.5 Å². The average molecular weight is 204 g/mol. The standard InChI is InChI=1S/C12H13FN2/c13-11(5-6-14)9-3-4-12-10(8-9)2-1-7-15-12/h1-4,7-8,11H,5-6,14H2. The van der Waals surface area contributed by atoms with E-state index >= 15 is 0 Å². The highest BCUT2D eigenvalue weighted by Crippen LogP contribution is 2.23. The molecule has 2 nitrogen and oxygen atoms in total. The fourth-order valence-corrected chi connectivity index (χ4v) is 1.60. The van der Waals surface area contributed by atoms with E-state index in [1.165, 1.54) is 0 Å². The molecule has 0 aliphatic carbocycles. The van der Waals surface area contributed by atoms with Crippen molar-refractivity contribution < 1.29 is 4.39 Å². The van der Waals surface area contributed by atoms with Crippen molar-refractivity contribution in [1.29, 1.82) is 0 Å². The number of hydrogen-bond donors (Lipinski definition) is 1. The van der Waals surface area contributed by atoms with Crippen molar-refractivity contribution >= 4 is 10.9 Å². The first-order valence-electron chi connectivity index (χ1n) is 5.00. The van der Waals surface area contributed by atoms with Crippen LogP contribution in [-0.2, 0) is 0 Å². The first-order valence-corrected chi connectivity index (χ1v) is 5.00. The molecular weight excluding hydrogens is 191 g/mol. The lowest BCUT2D eigenvalue weighted by atomic mass is 10.1. The number of aromatic nitrogens is 1. The van der Waals surface area contributed by atoms with Crippen LogP contribution in [0.3, 0.4) is 0 Å². The molecule has 3 heteroatoms. The van der Waals surface area contributed by atoms with E-state index < -0.39 is 6.17 Å². The molecule has 1 atom stereocenters. The van der Waals surface area contributed by atoms with E-state index in [-0.39, 0.29) is 0 Å². The van der Waals surface area contributed by atoms with E-state index in [0.717, 1.165) is 10.9 Å². The molecule has 0 amide bonds. The summed E-state index contributed by atoms with van der Waals surface area (Å²) in [5, 5.41) is 0.967. The third-order valence-electron chi connectivity index (χ3n) is 2.41. The molecule has 0 fully saturated rings. The van der Waals surface area contributed by atoms with Gasteiger partial charge in [0.05, 0.1) is 5.52 Å². The fraction of sp³-hybridized carbons (Fsp3) is 0.250. The summed E-state index contributed by atoms with van der Waals surface area (Å²) in [4.78, 5) is 4.18. The number of benzene rings is 1. The second kappa shape index (κ2) is 4.36. The summed E-state index contributed by atoms with van der Waals surface area (Å²) < 4.78 is 13.6. The van der Waals surface area contributed by atoms with Crippen LogP contribution in [0.1, 0.15) is 18.2 Å². The summed E-state index contributed by atoms with van der Waals surface area (Å²) in [6, 6.07) is 9.23. The van der Waals surface area contributed by atoms with Crippen LogP contribution in [0.25, 0.3) is 10.9 Å². The third-order valence-corrected chi connectivity index (χ3v) is 2.41. The quantitative estimate of drug-likeness (QED) is 0.834. The van der Waals surface area contributed by atoms with E-state index in [1.807, 2.05) is 24.3 Å². The molecule has 0 spiro atoms. The Bertz CT molecular complexity index is 456. The predicted molar refractivity (Wildman–Crippen MR) is 59.3 cm³/mol. The van der Waals surface area contributed by atoms with Crippen LogP contribution in [0.15, 0.2) is 36.5 Å². The maximum Gasteiger partial charge on any atom is 0.126 e. The Balaban J connectivity index is 2.38. The van der Waals surface area contributed by atoms with Gasteiger partial charge in [-0.05, 0) is 36.7 Å². The first-order chi connectivity index (χ1) is 7.31. The minimum Gasteiger partial charge on any atom is -0.330 e. The predicted octanol–water partition coefficient (Wildman–Crippen LogP) is 2.59. The van der Waals surface area contributed by atoms with Crippen molar-refractivity contribution in [3.8, 4) is 0 Å². The molecule has 1 aromatic heterocycles. The van der Waals surface area contributed by atoms with Gasteiger partial charge in [0.2, 0.25) is 0 Å². The Hall–Kier alpha value is -1.48. The maximum absolute atomic E-state index is 13.6. The largest absolute Gasteiger partial charge is 0.330 e. The van der Waals surface area contributed by atoms with Crippen LogP contribution < -0.4 is 5.73 Å². The molecular formula is C12H13FN2. The van der Waals surface area contributed by atoms with Gasteiger partial charge in [-0.15, -0.1) is 0 Å². The van der Waals surface area contributed by atoms with E-state index in [9.17, 15) is 4.39 Å². The Labute approximate surface area is 87.9 Å². The van der Waals surface area contributed by atoms with Crippen LogP contribution in [0.4, 0.5) is 4.39 Å². The number of nitrogens with two attached hydrogens (primary N) is 1. The molecule has 15 heavy (non-hydrogen) atoms. The summed E-state index contributed by atoms with van der Waals surface area (Å²) in [6.45, 7) is 0.367. The van der Waals surface area contributed by atoms with Gasteiger partial charge in [0.25, 0.3) is 0 Å². The molecule has 1 unspecified atom stereocenters. The number of fused-ring (bicyclic) bond motifs is 1. The van der Waals surface area contributed by atoms with Crippen LogP contribution in [0.5, 0.6) is 0 Å². The molecule has 0 aliphatic heterocycles. The van der Waals surface area contributed by atoms with Crippen molar-refractivity contribution in [2.75, 3.05) is 6.54 Å². The Morgan fingerprint density at radius 3 is 3.00 bits per heavy atom. The number of hydrogen-bond acceptors (Lipinski definition) is 2. The van der Waals surface area contributed by atoms with Crippen molar-refractivity contribution in [2.24, 2.45) is 5.73 Å². The third kappa shape index (κ3) is 2.13. The lowest BCUT2D eigenvalue weighted by Gasteiger charge is -2.07. The Morgan fingerprint density at radius 2 is 2.20 bits per heavy atom. The van der Waals surface area contributed by atoms with E-state index in [0.29, 0.717) is 18.5 Å². The van der Waals surface area contributed by atoms with Crippen LogP contribution in [0, 0.1) is 0 Å². The number of nitrogens with zero attached hydrogens (tertiary/aromatic N) is 1. The van der Waals surface area contributed by atoms with Gasteiger partial charge in [0, 0.05) is 11.6 Å². The molecule has 1 aromatic carbocycles. The van der Waals surface area contributed by atoms with E-state index in [1.54, 1.807) is 12.3 Å². The first kappa shape index (κ1) is 10.1. The number of halogens is 1. The minimum atomic E-state index is -0.973. The number of rotatable bonds is 3. The van der Waals surface area contributed by atoms with Gasteiger partial charge in [0.1, 0.15) is 6.17 Å². The maximum atomic E-state index is 13.6. The smallest absolute Gasteiger partial charge is 0.126 e. The second-order valence-electron chi connectivity index (χ2n) is 3.50. The molecule has 2 aromatic rings. The van der Waals surface area contributed by atoms with Gasteiger partial charge < -0.3 is 5.73 Å². The summed E-state index contributed by atoms with van der Waals surface area (Å²) in [6.07, 6.45) is 1.13. The van der Waals surface area contributed by atoms with Crippen LogP contribution in [0.2, 0.25) is 0 Å². The molecule has 78 valence electrons. The lowest BCUT2D eigenvalue weighted by Crippen LogP contribution is -2.03. The highest BCUT2D eigenvalue weighted by molar-refractivity contribution is 5.78. The summed E-state index contributed by atoms with van der Waals surface area (Å²) in [5.74, 6) is 0. The zero-order valence-corrected chi connectivity index (χ0v) is 8.36. The van der Waals surface area contributed by atoms with Gasteiger partial charge in [-0.1, -0.05) is 12.1 Å². The highest BCUT2D eigenvalue weighted by atomic mass is 19.1. The van der Waals surface area contributed by atoms with Crippen LogP contribution >= 0.6 is 0 Å². The van der Waals surface area contributed by atoms with Gasteiger partial charge in [-0.25, -0.2) is 4.39 Å². The minimum absolute atomic E-state index is 0.367. The summed E-state index contributed by atoms with van der Waals surface area (Å²) >= 11 is 0. The zero-order chi connectivity index (χ0) is 10.7. The van der Waals surface area contributed by atoms with Gasteiger partial charge in [0.15, 0.2) is 0 Å². The SMILES string of the molecule is NCCC(F)c1ccc2ncccc2c1. The van der Waals surface area contributed by atoms with Gasteiger partial charge in [-0.2, -0.15) is 0 Å².